The molecule has 1 unspecified atom stereocenters. The minimum Gasteiger partial charge on any atom is -0.381 e. The van der Waals surface area contributed by atoms with Crippen LogP contribution in [-0.2, 0) is 33.8 Å². The Kier molecular flexibility index (Phi) is 3.48. The van der Waals surface area contributed by atoms with Crippen molar-refractivity contribution in [3.63, 3.8) is 0 Å². The number of imide groups is 1. The van der Waals surface area contributed by atoms with Gasteiger partial charge in [-0.25, -0.2) is 0 Å². The summed E-state index contributed by atoms with van der Waals surface area (Å²) in [6.45, 7) is -6.86. The van der Waals surface area contributed by atoms with Crippen molar-refractivity contribution >= 4 is 23.4 Å². The summed E-state index contributed by atoms with van der Waals surface area (Å²) in [6.07, 6.45) is -7.24. The van der Waals surface area contributed by atoms with Crippen LogP contribution in [0.15, 0.2) is 42.5 Å². The topological polar surface area (TPSA) is 91.0 Å². The van der Waals surface area contributed by atoms with Gasteiger partial charge in [0.15, 0.2) is 0 Å². The van der Waals surface area contributed by atoms with Crippen LogP contribution in [0.3, 0.4) is 0 Å². The minimum absolute atomic E-state index is 0.0169. The minimum atomic E-state index is -3.73. The average Bonchev–Trinajstić information content (AvgIpc) is 3.17. The Balaban J connectivity index is 1.58. The lowest BCUT2D eigenvalue weighted by Crippen LogP contribution is -2.52. The van der Waals surface area contributed by atoms with Gasteiger partial charge in [-0.3, -0.25) is 24.6 Å². The summed E-state index contributed by atoms with van der Waals surface area (Å²) in [7, 11) is 0. The van der Waals surface area contributed by atoms with Crippen LogP contribution >= 0.6 is 0 Å². The average molecular weight is 460 g/mol. The number of nitrogens with zero attached hydrogens (tertiary/aromatic N) is 2. The molecule has 1 atom stereocenters. The zero-order chi connectivity index (χ0) is 32.7. The van der Waals surface area contributed by atoms with Crippen LogP contribution in [0.4, 0.5) is 5.69 Å². The fraction of sp³-hybridized carbons (Fsp3) is 0.400. The van der Waals surface area contributed by atoms with E-state index in [1.165, 1.54) is 40.5 Å². The fourth-order valence-electron chi connectivity index (χ4n) is 3.59. The second-order valence-corrected chi connectivity index (χ2v) is 7.37. The molecule has 0 radical (unpaired) electrons. The number of hydrogen-bond acceptors (Lipinski definition) is 6. The molecule has 2 N–H and O–H groups in total. The second-order valence-electron chi connectivity index (χ2n) is 7.37. The summed E-state index contributed by atoms with van der Waals surface area (Å²) in [5.74, 6) is -4.81. The number of rotatable bonds is 6. The molecule has 2 aromatic rings. The fourth-order valence-corrected chi connectivity index (χ4v) is 3.59. The normalized spacial score (nSPS) is 33.8. The van der Waals surface area contributed by atoms with E-state index in [0.717, 1.165) is 6.07 Å². The van der Waals surface area contributed by atoms with Gasteiger partial charge in [-0.05, 0) is 29.6 Å². The number of carbonyl (C=O) groups is 3. The van der Waals surface area contributed by atoms with E-state index in [2.05, 4.69) is 5.32 Å². The van der Waals surface area contributed by atoms with Gasteiger partial charge in [-0.1, -0.05) is 30.3 Å². The smallest absolute Gasteiger partial charge is 0.255 e. The summed E-state index contributed by atoms with van der Waals surface area (Å²) in [5.41, 5.74) is -1.50. The SMILES string of the molecule is [2H]C([2H])(Nc1cccc2c1C([2H])([2H])N(C1([2H])C(=O)NC(=O)C([2H])([2H])C1([2H])[2H])C2=O)c1ccccc1C([2H])([2H])N1CCOCC1. The molecule has 2 fully saturated rings. The largest absolute Gasteiger partial charge is 0.381 e. The lowest BCUT2D eigenvalue weighted by molar-refractivity contribution is -0.136. The second kappa shape index (κ2) is 9.33. The molecular weight excluding hydrogens is 420 g/mol. The van der Waals surface area contributed by atoms with Gasteiger partial charge in [0.1, 0.15) is 6.02 Å². The first-order chi connectivity index (χ1) is 20.2. The summed E-state index contributed by atoms with van der Waals surface area (Å²) in [6, 6.07) is 5.82. The van der Waals surface area contributed by atoms with Crippen LogP contribution in [0, 0.1) is 0 Å². The van der Waals surface area contributed by atoms with Crippen molar-refractivity contribution in [2.24, 2.45) is 0 Å². The molecule has 0 aliphatic carbocycles. The highest BCUT2D eigenvalue weighted by Gasteiger charge is 2.39. The number of anilines is 1. The number of ether oxygens (including phenoxy) is 1. The van der Waals surface area contributed by atoms with E-state index < -0.39 is 67.1 Å². The first-order valence-corrected chi connectivity index (χ1v) is 10.3. The number of piperidine rings is 1. The standard InChI is InChI=1S/C25H28N4O4/c30-23-9-8-22(24(31)27-23)29-16-20-19(25(29)32)6-3-7-21(20)26-14-17-4-1-2-5-18(17)15-28-10-12-33-13-11-28/h1-7,22,26H,8-16H2,(H,27,30,31)/i8D2,9D2,14D2,15D2,16D2,22D. The Morgan fingerprint density at radius 2 is 1.91 bits per heavy atom. The number of carbonyl (C=O) groups excluding carboxylic acids is 3. The molecular formula is C25H28N4O4. The van der Waals surface area contributed by atoms with E-state index in [1.807, 2.05) is 0 Å². The number of benzene rings is 2. The van der Waals surface area contributed by atoms with Crippen LogP contribution in [0.2, 0.25) is 0 Å². The third-order valence-corrected chi connectivity index (χ3v) is 5.23. The molecule has 172 valence electrons. The maximum absolute atomic E-state index is 13.6. The van der Waals surface area contributed by atoms with Gasteiger partial charge in [-0.15, -0.1) is 0 Å². The quantitative estimate of drug-likeness (QED) is 0.641. The van der Waals surface area contributed by atoms with Crippen LogP contribution in [-0.4, -0.2) is 59.8 Å². The van der Waals surface area contributed by atoms with Crippen molar-refractivity contribution in [3.8, 4) is 0 Å². The van der Waals surface area contributed by atoms with Crippen molar-refractivity contribution in [1.82, 2.24) is 15.1 Å². The molecule has 3 aliphatic rings. The third-order valence-electron chi connectivity index (χ3n) is 5.23. The molecule has 0 bridgehead atoms. The zero-order valence-corrected chi connectivity index (χ0v) is 17.4. The van der Waals surface area contributed by atoms with Gasteiger partial charge in [-0.2, -0.15) is 0 Å². The Morgan fingerprint density at radius 3 is 2.73 bits per heavy atom. The van der Waals surface area contributed by atoms with Crippen molar-refractivity contribution < 1.29 is 34.2 Å². The first-order valence-electron chi connectivity index (χ1n) is 15.8. The summed E-state index contributed by atoms with van der Waals surface area (Å²) in [5, 5.41) is 4.07. The molecule has 2 aromatic carbocycles. The van der Waals surface area contributed by atoms with E-state index >= 15 is 0 Å². The first kappa shape index (κ1) is 12.3. The van der Waals surface area contributed by atoms with Gasteiger partial charge < -0.3 is 15.0 Å². The van der Waals surface area contributed by atoms with Crippen molar-refractivity contribution in [1.29, 1.82) is 0 Å². The van der Waals surface area contributed by atoms with Crippen molar-refractivity contribution in [2.45, 2.75) is 38.3 Å². The lowest BCUT2D eigenvalue weighted by atomic mass is 10.0. The summed E-state index contributed by atoms with van der Waals surface area (Å²) >= 11 is 0. The van der Waals surface area contributed by atoms with Crippen LogP contribution < -0.4 is 10.6 Å². The molecule has 3 amide bonds. The van der Waals surface area contributed by atoms with Crippen molar-refractivity contribution in [3.05, 3.63) is 64.7 Å². The zero-order valence-electron chi connectivity index (χ0n) is 28.4. The molecule has 5 rings (SSSR count). The molecule has 0 saturated carbocycles. The van der Waals surface area contributed by atoms with E-state index in [9.17, 15) is 14.4 Å². The molecule has 8 heteroatoms. The molecule has 0 aromatic heterocycles. The van der Waals surface area contributed by atoms with Gasteiger partial charge in [0.25, 0.3) is 5.91 Å². The summed E-state index contributed by atoms with van der Waals surface area (Å²) in [4.78, 5) is 40.1. The number of nitrogens with one attached hydrogen (secondary N) is 2. The number of morpholine rings is 1. The van der Waals surface area contributed by atoms with E-state index in [0.29, 0.717) is 0 Å². The Hall–Kier alpha value is -3.23. The molecule has 2 saturated heterocycles. The molecule has 33 heavy (non-hydrogen) atoms. The maximum Gasteiger partial charge on any atom is 0.255 e. The highest BCUT2D eigenvalue weighted by molar-refractivity contribution is 6.06. The molecule has 0 spiro atoms. The van der Waals surface area contributed by atoms with Crippen LogP contribution in [0.5, 0.6) is 0 Å². The number of amides is 3. The van der Waals surface area contributed by atoms with Crippen LogP contribution in [0.1, 0.15) is 54.9 Å². The van der Waals surface area contributed by atoms with Crippen LogP contribution in [0.25, 0.3) is 0 Å². The van der Waals surface area contributed by atoms with Gasteiger partial charge >= 0.3 is 0 Å². The van der Waals surface area contributed by atoms with Gasteiger partial charge in [0.2, 0.25) is 11.8 Å². The van der Waals surface area contributed by atoms with Crippen molar-refractivity contribution in [2.75, 3.05) is 31.6 Å². The van der Waals surface area contributed by atoms with E-state index in [1.54, 1.807) is 6.07 Å². The van der Waals surface area contributed by atoms with Gasteiger partial charge in [0, 0.05) is 64.0 Å². The molecule has 8 nitrogen and oxygen atoms in total. The number of hydrogen-bond donors (Lipinski definition) is 2. The predicted octanol–water partition coefficient (Wildman–Crippen LogP) is 1.89. The molecule has 3 aliphatic heterocycles. The van der Waals surface area contributed by atoms with E-state index in [4.69, 9.17) is 19.8 Å². The highest BCUT2D eigenvalue weighted by atomic mass is 16.5. The Bertz CT molecular complexity index is 1550. The summed E-state index contributed by atoms with van der Waals surface area (Å²) < 4.78 is 99.7. The van der Waals surface area contributed by atoms with Gasteiger partial charge in [0.05, 0.1) is 20.1 Å². The monoisotopic (exact) mass is 459 g/mol. The Labute approximate surface area is 208 Å². The maximum atomic E-state index is 13.6. The Morgan fingerprint density at radius 1 is 1.12 bits per heavy atom. The molecule has 3 heterocycles. The number of fused-ring (bicyclic) bond motifs is 1. The lowest BCUT2D eigenvalue weighted by Gasteiger charge is -2.29. The highest BCUT2D eigenvalue weighted by Crippen LogP contribution is 2.32. The predicted molar refractivity (Wildman–Crippen MR) is 122 cm³/mol. The van der Waals surface area contributed by atoms with E-state index in [-0.39, 0.29) is 48.0 Å². The third kappa shape index (κ3) is 4.49.